The highest BCUT2D eigenvalue weighted by Crippen LogP contribution is 2.39. The summed E-state index contributed by atoms with van der Waals surface area (Å²) in [5, 5.41) is 13.0. The van der Waals surface area contributed by atoms with Crippen LogP contribution < -0.4 is 5.32 Å². The van der Waals surface area contributed by atoms with Crippen molar-refractivity contribution in [1.29, 1.82) is 0 Å². The lowest BCUT2D eigenvalue weighted by molar-refractivity contribution is 0.00578. The summed E-state index contributed by atoms with van der Waals surface area (Å²) in [7, 11) is 1.51. The molecule has 5 heteroatoms. The molecule has 0 aliphatic carbocycles. The fourth-order valence-electron chi connectivity index (χ4n) is 2.40. The van der Waals surface area contributed by atoms with Gasteiger partial charge in [0.15, 0.2) is 0 Å². The molecular formula is C17H26BNO3. The van der Waals surface area contributed by atoms with Crippen LogP contribution in [0, 0.1) is 6.92 Å². The third-order valence-corrected chi connectivity index (χ3v) is 4.62. The van der Waals surface area contributed by atoms with Gasteiger partial charge >= 0.3 is 7.12 Å². The molecule has 0 radical (unpaired) electrons. The number of benzene rings is 1. The summed E-state index contributed by atoms with van der Waals surface area (Å²) in [6.45, 7) is 10.7. The lowest BCUT2D eigenvalue weighted by Crippen LogP contribution is -2.41. The van der Waals surface area contributed by atoms with E-state index in [1.54, 1.807) is 6.07 Å². The molecule has 1 aliphatic heterocycles. The second-order valence-corrected chi connectivity index (χ2v) is 6.83. The molecule has 1 aliphatic rings. The van der Waals surface area contributed by atoms with Crippen LogP contribution in [0.15, 0.2) is 23.7 Å². The van der Waals surface area contributed by atoms with Crippen molar-refractivity contribution in [2.24, 2.45) is 0 Å². The minimum absolute atomic E-state index is 0.298. The second kappa shape index (κ2) is 6.07. The van der Waals surface area contributed by atoms with E-state index in [9.17, 15) is 5.11 Å². The molecule has 1 aromatic rings. The Morgan fingerprint density at radius 3 is 2.36 bits per heavy atom. The molecule has 0 aromatic heterocycles. The summed E-state index contributed by atoms with van der Waals surface area (Å²) in [5.74, 6) is 0.298. The monoisotopic (exact) mass is 303 g/mol. The van der Waals surface area contributed by atoms with Crippen molar-refractivity contribution in [3.63, 3.8) is 0 Å². The molecule has 1 fully saturated rings. The molecule has 120 valence electrons. The highest BCUT2D eigenvalue weighted by atomic mass is 16.7. The molecule has 1 heterocycles. The maximum Gasteiger partial charge on any atom is 0.491 e. The first kappa shape index (κ1) is 17.1. The first-order chi connectivity index (χ1) is 10.2. The van der Waals surface area contributed by atoms with Crippen molar-refractivity contribution in [2.45, 2.75) is 45.8 Å². The van der Waals surface area contributed by atoms with E-state index in [1.807, 2.05) is 59.9 Å². The van der Waals surface area contributed by atoms with Crippen LogP contribution >= 0.6 is 0 Å². The summed E-state index contributed by atoms with van der Waals surface area (Å²) in [4.78, 5) is 0. The Labute approximate surface area is 133 Å². The number of phenolic OH excluding ortho intramolecular Hbond substituents is 1. The van der Waals surface area contributed by atoms with Crippen LogP contribution in [0.2, 0.25) is 0 Å². The Balaban J connectivity index is 2.35. The Bertz CT molecular complexity index is 565. The van der Waals surface area contributed by atoms with E-state index in [2.05, 4.69) is 5.32 Å². The number of phenols is 1. The van der Waals surface area contributed by atoms with Gasteiger partial charge in [-0.15, -0.1) is 0 Å². The second-order valence-electron chi connectivity index (χ2n) is 6.83. The Kier molecular flexibility index (Phi) is 4.71. The predicted octanol–water partition coefficient (Wildman–Crippen LogP) is 2.93. The van der Waals surface area contributed by atoms with Crippen LogP contribution in [0.4, 0.5) is 0 Å². The van der Waals surface area contributed by atoms with Gasteiger partial charge in [0.05, 0.1) is 11.2 Å². The van der Waals surface area contributed by atoms with Crippen LogP contribution in [0.5, 0.6) is 5.75 Å². The van der Waals surface area contributed by atoms with Gasteiger partial charge in [0.25, 0.3) is 0 Å². The first-order valence-electron chi connectivity index (χ1n) is 7.67. The fraction of sp³-hybridized carbons (Fsp3) is 0.529. The topological polar surface area (TPSA) is 50.7 Å². The third-order valence-electron chi connectivity index (χ3n) is 4.62. The zero-order valence-electron chi connectivity index (χ0n) is 14.4. The summed E-state index contributed by atoms with van der Waals surface area (Å²) in [6.07, 6.45) is 2.04. The SMILES string of the molecule is CNCC(=Cc1cccc(O)c1C)B1OC(C)(C)C(C)(C)O1. The van der Waals surface area contributed by atoms with Crippen molar-refractivity contribution < 1.29 is 14.4 Å². The van der Waals surface area contributed by atoms with Crippen molar-refractivity contribution in [3.8, 4) is 5.75 Å². The van der Waals surface area contributed by atoms with Crippen LogP contribution in [-0.2, 0) is 9.31 Å². The first-order valence-corrected chi connectivity index (χ1v) is 7.67. The normalized spacial score (nSPS) is 20.5. The van der Waals surface area contributed by atoms with E-state index in [-0.39, 0.29) is 18.3 Å². The van der Waals surface area contributed by atoms with Crippen LogP contribution in [0.25, 0.3) is 6.08 Å². The molecule has 0 spiro atoms. The molecule has 1 aromatic carbocycles. The minimum Gasteiger partial charge on any atom is -0.508 e. The fourth-order valence-corrected chi connectivity index (χ4v) is 2.40. The summed E-state index contributed by atoms with van der Waals surface area (Å²) < 4.78 is 12.3. The largest absolute Gasteiger partial charge is 0.508 e. The van der Waals surface area contributed by atoms with Crippen LogP contribution in [-0.4, -0.2) is 37.0 Å². The molecule has 2 N–H and O–H groups in total. The quantitative estimate of drug-likeness (QED) is 0.840. The number of rotatable bonds is 4. The van der Waals surface area contributed by atoms with Gasteiger partial charge in [0.1, 0.15) is 5.75 Å². The summed E-state index contributed by atoms with van der Waals surface area (Å²) in [6, 6.07) is 5.52. The van der Waals surface area contributed by atoms with Gasteiger partial charge in [0.2, 0.25) is 0 Å². The predicted molar refractivity (Wildman–Crippen MR) is 90.8 cm³/mol. The molecule has 22 heavy (non-hydrogen) atoms. The van der Waals surface area contributed by atoms with Gasteiger partial charge in [-0.2, -0.15) is 0 Å². The van der Waals surface area contributed by atoms with E-state index in [0.717, 1.165) is 16.6 Å². The van der Waals surface area contributed by atoms with E-state index in [1.165, 1.54) is 0 Å². The maximum absolute atomic E-state index is 9.87. The Morgan fingerprint density at radius 2 is 1.82 bits per heavy atom. The summed E-state index contributed by atoms with van der Waals surface area (Å²) in [5.41, 5.74) is 2.11. The average Bonchev–Trinajstić information content (AvgIpc) is 2.63. The molecule has 0 amide bonds. The van der Waals surface area contributed by atoms with Crippen molar-refractivity contribution in [2.75, 3.05) is 13.6 Å². The molecule has 0 bridgehead atoms. The third kappa shape index (κ3) is 3.22. The molecule has 1 saturated heterocycles. The van der Waals surface area contributed by atoms with Crippen LogP contribution in [0.3, 0.4) is 0 Å². The van der Waals surface area contributed by atoms with E-state index < -0.39 is 0 Å². The van der Waals surface area contributed by atoms with Crippen molar-refractivity contribution in [1.82, 2.24) is 5.32 Å². The lowest BCUT2D eigenvalue weighted by Gasteiger charge is -2.32. The maximum atomic E-state index is 9.87. The Hall–Kier alpha value is -1.30. The number of likely N-dealkylation sites (N-methyl/N-ethyl adjacent to an activating group) is 1. The van der Waals surface area contributed by atoms with E-state index in [4.69, 9.17) is 9.31 Å². The highest BCUT2D eigenvalue weighted by molar-refractivity contribution is 6.55. The van der Waals surface area contributed by atoms with Crippen molar-refractivity contribution in [3.05, 3.63) is 34.8 Å². The van der Waals surface area contributed by atoms with E-state index in [0.29, 0.717) is 12.3 Å². The van der Waals surface area contributed by atoms with Gasteiger partial charge in [-0.05, 0) is 64.3 Å². The number of hydrogen-bond acceptors (Lipinski definition) is 4. The van der Waals surface area contributed by atoms with Crippen molar-refractivity contribution >= 4 is 13.2 Å². The zero-order valence-corrected chi connectivity index (χ0v) is 14.4. The Morgan fingerprint density at radius 1 is 1.23 bits per heavy atom. The number of nitrogens with one attached hydrogen (secondary N) is 1. The molecule has 2 rings (SSSR count). The zero-order chi connectivity index (χ0) is 16.5. The van der Waals surface area contributed by atoms with Gasteiger partial charge in [-0.25, -0.2) is 0 Å². The summed E-state index contributed by atoms with van der Waals surface area (Å²) >= 11 is 0. The smallest absolute Gasteiger partial charge is 0.491 e. The van der Waals surface area contributed by atoms with Gasteiger partial charge in [0, 0.05) is 6.54 Å². The van der Waals surface area contributed by atoms with Gasteiger partial charge in [-0.3, -0.25) is 0 Å². The highest BCUT2D eigenvalue weighted by Gasteiger charge is 2.52. The molecule has 0 unspecified atom stereocenters. The molecule has 4 nitrogen and oxygen atoms in total. The number of hydrogen-bond donors (Lipinski definition) is 2. The van der Waals surface area contributed by atoms with Gasteiger partial charge in [-0.1, -0.05) is 18.2 Å². The standard InChI is InChI=1S/C17H26BNO3/c1-12-13(8-7-9-15(12)20)10-14(11-19-6)18-21-16(2,3)17(4,5)22-18/h7-10,19-20H,11H2,1-6H3. The van der Waals surface area contributed by atoms with Crippen LogP contribution in [0.1, 0.15) is 38.8 Å². The van der Waals surface area contributed by atoms with Gasteiger partial charge < -0.3 is 19.7 Å². The number of aromatic hydroxyl groups is 1. The minimum atomic E-state index is -0.390. The molecular weight excluding hydrogens is 277 g/mol. The van der Waals surface area contributed by atoms with E-state index >= 15 is 0 Å². The molecule has 0 atom stereocenters. The molecule has 0 saturated carbocycles. The lowest BCUT2D eigenvalue weighted by atomic mass is 9.76. The average molecular weight is 303 g/mol.